The Hall–Kier alpha value is -2.83. The van der Waals surface area contributed by atoms with Crippen molar-refractivity contribution < 1.29 is 4.79 Å². The predicted molar refractivity (Wildman–Crippen MR) is 103 cm³/mol. The fourth-order valence-corrected chi connectivity index (χ4v) is 3.35. The second-order valence-corrected chi connectivity index (χ2v) is 7.24. The Morgan fingerprint density at radius 1 is 1.15 bits per heavy atom. The Labute approximate surface area is 159 Å². The maximum absolute atomic E-state index is 11.9. The zero-order valence-corrected chi connectivity index (χ0v) is 16.8. The van der Waals surface area contributed by atoms with E-state index in [-0.39, 0.29) is 17.7 Å². The molecule has 0 radical (unpaired) electrons. The van der Waals surface area contributed by atoms with E-state index in [4.69, 9.17) is 4.98 Å². The first-order chi connectivity index (χ1) is 12.8. The van der Waals surface area contributed by atoms with Gasteiger partial charge < -0.3 is 0 Å². The SMILES string of the molecule is CC(=O)c1c(C)nn([C@@H](C)Cc2nc(C(C)C)nn2-c2ccccn2)c1C. The third-order valence-corrected chi connectivity index (χ3v) is 4.65. The molecule has 0 aliphatic carbocycles. The summed E-state index contributed by atoms with van der Waals surface area (Å²) in [6.45, 7) is 11.6. The van der Waals surface area contributed by atoms with Crippen LogP contribution in [0.2, 0.25) is 0 Å². The van der Waals surface area contributed by atoms with E-state index in [1.54, 1.807) is 13.1 Å². The van der Waals surface area contributed by atoms with Gasteiger partial charge >= 0.3 is 0 Å². The average Bonchev–Trinajstić information content (AvgIpc) is 3.16. The molecule has 0 unspecified atom stereocenters. The van der Waals surface area contributed by atoms with Gasteiger partial charge in [-0.3, -0.25) is 9.48 Å². The molecule has 142 valence electrons. The molecule has 0 amide bonds. The summed E-state index contributed by atoms with van der Waals surface area (Å²) in [6, 6.07) is 5.77. The Bertz CT molecular complexity index is 955. The standard InChI is InChI=1S/C20H26N6O/c1-12(2)20-22-18(26(24-20)17-9-7-8-10-21-17)11-13(3)25-15(5)19(16(6)27)14(4)23-25/h7-10,12-13H,11H2,1-6H3/t13-/m0/s1. The predicted octanol–water partition coefficient (Wildman–Crippen LogP) is 3.61. The van der Waals surface area contributed by atoms with Gasteiger partial charge in [0.15, 0.2) is 17.4 Å². The molecule has 0 bridgehead atoms. The Balaban J connectivity index is 1.98. The second kappa shape index (κ2) is 7.42. The molecule has 3 aromatic rings. The van der Waals surface area contributed by atoms with Crippen molar-refractivity contribution in [3.63, 3.8) is 0 Å². The number of carbonyl (C=O) groups is 1. The van der Waals surface area contributed by atoms with Gasteiger partial charge in [0, 0.05) is 24.2 Å². The van der Waals surface area contributed by atoms with E-state index in [0.717, 1.165) is 28.9 Å². The van der Waals surface area contributed by atoms with Crippen LogP contribution in [0.25, 0.3) is 5.82 Å². The lowest BCUT2D eigenvalue weighted by Crippen LogP contribution is -2.15. The van der Waals surface area contributed by atoms with Crippen LogP contribution in [0.1, 0.15) is 73.0 Å². The molecule has 7 nitrogen and oxygen atoms in total. The number of Topliss-reactive ketones (excluding diaryl/α,β-unsaturated/α-hetero) is 1. The molecule has 3 heterocycles. The molecule has 7 heteroatoms. The van der Waals surface area contributed by atoms with Crippen molar-refractivity contribution in [2.24, 2.45) is 0 Å². The van der Waals surface area contributed by atoms with Gasteiger partial charge in [0.1, 0.15) is 5.82 Å². The highest BCUT2D eigenvalue weighted by atomic mass is 16.1. The summed E-state index contributed by atoms with van der Waals surface area (Å²) in [5.41, 5.74) is 2.36. The third-order valence-electron chi connectivity index (χ3n) is 4.65. The molecule has 0 aliphatic rings. The van der Waals surface area contributed by atoms with E-state index in [1.807, 2.05) is 41.4 Å². The number of hydrogen-bond donors (Lipinski definition) is 0. The topological polar surface area (TPSA) is 78.5 Å². The van der Waals surface area contributed by atoms with E-state index in [1.165, 1.54) is 0 Å². The molecule has 0 aromatic carbocycles. The molecule has 27 heavy (non-hydrogen) atoms. The van der Waals surface area contributed by atoms with Crippen LogP contribution in [0.15, 0.2) is 24.4 Å². The van der Waals surface area contributed by atoms with Crippen LogP contribution in [0.3, 0.4) is 0 Å². The molecule has 0 spiro atoms. The molecule has 0 saturated heterocycles. The number of rotatable bonds is 6. The molecular weight excluding hydrogens is 340 g/mol. The van der Waals surface area contributed by atoms with E-state index < -0.39 is 0 Å². The van der Waals surface area contributed by atoms with Gasteiger partial charge in [0.05, 0.1) is 17.3 Å². The summed E-state index contributed by atoms with van der Waals surface area (Å²) in [4.78, 5) is 21.1. The van der Waals surface area contributed by atoms with Crippen LogP contribution >= 0.6 is 0 Å². The van der Waals surface area contributed by atoms with Gasteiger partial charge in [-0.15, -0.1) is 5.10 Å². The van der Waals surface area contributed by atoms with Crippen molar-refractivity contribution in [2.45, 2.75) is 59.9 Å². The summed E-state index contributed by atoms with van der Waals surface area (Å²) in [7, 11) is 0. The first kappa shape index (κ1) is 18.9. The fraction of sp³-hybridized carbons (Fsp3) is 0.450. The van der Waals surface area contributed by atoms with Crippen LogP contribution in [0.4, 0.5) is 0 Å². The van der Waals surface area contributed by atoms with Gasteiger partial charge in [-0.1, -0.05) is 19.9 Å². The zero-order valence-electron chi connectivity index (χ0n) is 16.8. The maximum atomic E-state index is 11.9. The highest BCUT2D eigenvalue weighted by molar-refractivity contribution is 5.96. The largest absolute Gasteiger partial charge is 0.294 e. The lowest BCUT2D eigenvalue weighted by atomic mass is 10.1. The van der Waals surface area contributed by atoms with Crippen molar-refractivity contribution >= 4 is 5.78 Å². The van der Waals surface area contributed by atoms with E-state index in [0.29, 0.717) is 12.0 Å². The van der Waals surface area contributed by atoms with Crippen molar-refractivity contribution in [2.75, 3.05) is 0 Å². The number of carbonyl (C=O) groups excluding carboxylic acids is 1. The van der Waals surface area contributed by atoms with Crippen molar-refractivity contribution in [1.29, 1.82) is 0 Å². The summed E-state index contributed by atoms with van der Waals surface area (Å²) >= 11 is 0. The fourth-order valence-electron chi connectivity index (χ4n) is 3.35. The molecule has 3 rings (SSSR count). The van der Waals surface area contributed by atoms with Gasteiger partial charge in [0.2, 0.25) is 0 Å². The van der Waals surface area contributed by atoms with E-state index in [9.17, 15) is 4.79 Å². The summed E-state index contributed by atoms with van der Waals surface area (Å²) < 4.78 is 3.72. The number of aromatic nitrogens is 6. The Kier molecular flexibility index (Phi) is 5.21. The smallest absolute Gasteiger partial charge is 0.163 e. The first-order valence-corrected chi connectivity index (χ1v) is 9.23. The Morgan fingerprint density at radius 3 is 2.44 bits per heavy atom. The minimum Gasteiger partial charge on any atom is -0.294 e. The summed E-state index contributed by atoms with van der Waals surface area (Å²) in [5.74, 6) is 2.64. The molecule has 0 N–H and O–H groups in total. The zero-order chi connectivity index (χ0) is 19.7. The first-order valence-electron chi connectivity index (χ1n) is 9.23. The average molecular weight is 366 g/mol. The number of nitrogens with zero attached hydrogens (tertiary/aromatic N) is 6. The van der Waals surface area contributed by atoms with Crippen LogP contribution in [0.5, 0.6) is 0 Å². The summed E-state index contributed by atoms with van der Waals surface area (Å²) in [6.07, 6.45) is 2.38. The molecule has 0 aliphatic heterocycles. The van der Waals surface area contributed by atoms with Gasteiger partial charge in [0.25, 0.3) is 0 Å². The van der Waals surface area contributed by atoms with Crippen LogP contribution in [-0.4, -0.2) is 35.3 Å². The molecular formula is C20H26N6O. The van der Waals surface area contributed by atoms with Crippen LogP contribution < -0.4 is 0 Å². The minimum atomic E-state index is 0.0310. The minimum absolute atomic E-state index is 0.0310. The number of hydrogen-bond acceptors (Lipinski definition) is 5. The quantitative estimate of drug-likeness (QED) is 0.623. The highest BCUT2D eigenvalue weighted by Gasteiger charge is 2.22. The maximum Gasteiger partial charge on any atom is 0.163 e. The highest BCUT2D eigenvalue weighted by Crippen LogP contribution is 2.22. The van der Waals surface area contributed by atoms with E-state index >= 15 is 0 Å². The molecule has 1 atom stereocenters. The second-order valence-electron chi connectivity index (χ2n) is 7.24. The normalized spacial score (nSPS) is 12.6. The third kappa shape index (κ3) is 3.67. The monoisotopic (exact) mass is 366 g/mol. The summed E-state index contributed by atoms with van der Waals surface area (Å²) in [5, 5.41) is 9.25. The number of aryl methyl sites for hydroxylation is 1. The lowest BCUT2D eigenvalue weighted by Gasteiger charge is -2.14. The van der Waals surface area contributed by atoms with Crippen molar-refractivity contribution in [3.05, 3.63) is 53.0 Å². The van der Waals surface area contributed by atoms with Crippen LogP contribution in [0, 0.1) is 13.8 Å². The van der Waals surface area contributed by atoms with E-state index in [2.05, 4.69) is 36.0 Å². The molecule has 0 fully saturated rings. The molecule has 0 saturated carbocycles. The van der Waals surface area contributed by atoms with Crippen LogP contribution in [-0.2, 0) is 6.42 Å². The van der Waals surface area contributed by atoms with Gasteiger partial charge in [-0.25, -0.2) is 9.97 Å². The number of pyridine rings is 1. The Morgan fingerprint density at radius 2 is 1.89 bits per heavy atom. The van der Waals surface area contributed by atoms with Crippen molar-refractivity contribution in [3.8, 4) is 5.82 Å². The number of ketones is 1. The van der Waals surface area contributed by atoms with Gasteiger partial charge in [-0.2, -0.15) is 9.78 Å². The molecule has 3 aromatic heterocycles. The van der Waals surface area contributed by atoms with Gasteiger partial charge in [-0.05, 0) is 39.8 Å². The van der Waals surface area contributed by atoms with Crippen molar-refractivity contribution in [1.82, 2.24) is 29.5 Å². The lowest BCUT2D eigenvalue weighted by molar-refractivity contribution is 0.101.